The lowest BCUT2D eigenvalue weighted by atomic mass is 9.98. The van der Waals surface area contributed by atoms with Crippen molar-refractivity contribution in [2.45, 2.75) is 17.9 Å². The molecule has 20 heavy (non-hydrogen) atoms. The number of rotatable bonds is 5. The summed E-state index contributed by atoms with van der Waals surface area (Å²) in [6, 6.07) is 11.4. The molecule has 0 spiro atoms. The molecule has 0 bridgehead atoms. The van der Waals surface area contributed by atoms with Gasteiger partial charge in [-0.05, 0) is 36.6 Å². The quantitative estimate of drug-likeness (QED) is 0.821. The van der Waals surface area contributed by atoms with Gasteiger partial charge in [-0.15, -0.1) is 11.8 Å². The standard InChI is InChI=1S/C16H17F2NS/c1-3-19-16(11-4-7-13(20-2)8-5-11)14-9-6-12(17)10-15(14)18/h4-10,16,19H,3H2,1-2H3. The van der Waals surface area contributed by atoms with E-state index < -0.39 is 11.6 Å². The van der Waals surface area contributed by atoms with Crippen molar-refractivity contribution in [1.82, 2.24) is 5.32 Å². The molecule has 0 radical (unpaired) electrons. The van der Waals surface area contributed by atoms with Crippen molar-refractivity contribution in [2.75, 3.05) is 12.8 Å². The first-order chi connectivity index (χ1) is 9.65. The highest BCUT2D eigenvalue weighted by atomic mass is 32.2. The average molecular weight is 293 g/mol. The van der Waals surface area contributed by atoms with E-state index in [2.05, 4.69) is 5.32 Å². The van der Waals surface area contributed by atoms with Crippen LogP contribution in [0.15, 0.2) is 47.4 Å². The van der Waals surface area contributed by atoms with Crippen LogP contribution in [-0.2, 0) is 0 Å². The van der Waals surface area contributed by atoms with Gasteiger partial charge in [0.2, 0.25) is 0 Å². The van der Waals surface area contributed by atoms with Crippen molar-refractivity contribution in [3.05, 3.63) is 65.2 Å². The molecule has 0 fully saturated rings. The van der Waals surface area contributed by atoms with Crippen LogP contribution in [0.4, 0.5) is 8.78 Å². The van der Waals surface area contributed by atoms with Crippen LogP contribution in [0.2, 0.25) is 0 Å². The normalized spacial score (nSPS) is 12.4. The molecule has 0 aliphatic rings. The van der Waals surface area contributed by atoms with E-state index in [1.165, 1.54) is 12.1 Å². The molecule has 4 heteroatoms. The van der Waals surface area contributed by atoms with Crippen LogP contribution < -0.4 is 5.32 Å². The van der Waals surface area contributed by atoms with Crippen LogP contribution in [0.25, 0.3) is 0 Å². The van der Waals surface area contributed by atoms with Crippen LogP contribution in [0.3, 0.4) is 0 Å². The molecule has 0 heterocycles. The van der Waals surface area contributed by atoms with Gasteiger partial charge in [0.25, 0.3) is 0 Å². The summed E-state index contributed by atoms with van der Waals surface area (Å²) in [5, 5.41) is 3.24. The summed E-state index contributed by atoms with van der Waals surface area (Å²) in [5.41, 5.74) is 1.43. The summed E-state index contributed by atoms with van der Waals surface area (Å²) in [6.07, 6.45) is 2.01. The van der Waals surface area contributed by atoms with Crippen molar-refractivity contribution in [3.8, 4) is 0 Å². The Kier molecular flexibility index (Phi) is 5.15. The van der Waals surface area contributed by atoms with Gasteiger partial charge in [0.05, 0.1) is 6.04 Å². The molecule has 0 aliphatic carbocycles. The largest absolute Gasteiger partial charge is 0.306 e. The lowest BCUT2D eigenvalue weighted by molar-refractivity contribution is 0.541. The fraction of sp³-hybridized carbons (Fsp3) is 0.250. The maximum atomic E-state index is 14.0. The van der Waals surface area contributed by atoms with Crippen LogP contribution >= 0.6 is 11.8 Å². The Balaban J connectivity index is 2.38. The van der Waals surface area contributed by atoms with E-state index in [1.54, 1.807) is 11.8 Å². The summed E-state index contributed by atoms with van der Waals surface area (Å²) in [4.78, 5) is 1.16. The van der Waals surface area contributed by atoms with Gasteiger partial charge in [-0.1, -0.05) is 25.1 Å². The smallest absolute Gasteiger partial charge is 0.131 e. The number of benzene rings is 2. The molecule has 1 N–H and O–H groups in total. The van der Waals surface area contributed by atoms with E-state index in [0.29, 0.717) is 12.1 Å². The van der Waals surface area contributed by atoms with Crippen LogP contribution in [-0.4, -0.2) is 12.8 Å². The minimum absolute atomic E-state index is 0.267. The zero-order valence-corrected chi connectivity index (χ0v) is 12.3. The summed E-state index contributed by atoms with van der Waals surface area (Å²) in [7, 11) is 0. The number of nitrogens with one attached hydrogen (secondary N) is 1. The summed E-state index contributed by atoms with van der Waals surface area (Å²) < 4.78 is 27.0. The Labute approximate surface area is 122 Å². The second-order valence-corrected chi connectivity index (χ2v) is 5.31. The van der Waals surface area contributed by atoms with Crippen molar-refractivity contribution in [2.24, 2.45) is 0 Å². The third kappa shape index (κ3) is 3.38. The van der Waals surface area contributed by atoms with Gasteiger partial charge in [-0.2, -0.15) is 0 Å². The van der Waals surface area contributed by atoms with Crippen molar-refractivity contribution in [1.29, 1.82) is 0 Å². The van der Waals surface area contributed by atoms with Crippen LogP contribution in [0, 0.1) is 11.6 Å². The fourth-order valence-corrected chi connectivity index (χ4v) is 2.55. The van der Waals surface area contributed by atoms with Crippen molar-refractivity contribution in [3.63, 3.8) is 0 Å². The minimum atomic E-state index is -0.556. The highest BCUT2D eigenvalue weighted by Gasteiger charge is 2.17. The predicted molar refractivity (Wildman–Crippen MR) is 80.1 cm³/mol. The first-order valence-electron chi connectivity index (χ1n) is 6.48. The molecule has 2 aromatic rings. The Hall–Kier alpha value is -1.39. The molecular weight excluding hydrogens is 276 g/mol. The van der Waals surface area contributed by atoms with Gasteiger partial charge in [0.15, 0.2) is 0 Å². The first kappa shape index (κ1) is 15.0. The van der Waals surface area contributed by atoms with Crippen LogP contribution in [0.5, 0.6) is 0 Å². The maximum Gasteiger partial charge on any atom is 0.131 e. The molecule has 1 unspecified atom stereocenters. The molecule has 0 saturated heterocycles. The van der Waals surface area contributed by atoms with E-state index in [9.17, 15) is 8.78 Å². The Morgan fingerprint density at radius 3 is 2.35 bits per heavy atom. The Morgan fingerprint density at radius 1 is 1.10 bits per heavy atom. The monoisotopic (exact) mass is 293 g/mol. The lowest BCUT2D eigenvalue weighted by Crippen LogP contribution is -2.23. The number of halogens is 2. The second kappa shape index (κ2) is 6.86. The number of thioether (sulfide) groups is 1. The second-order valence-electron chi connectivity index (χ2n) is 4.43. The van der Waals surface area contributed by atoms with Crippen molar-refractivity contribution < 1.29 is 8.78 Å². The number of hydrogen-bond donors (Lipinski definition) is 1. The van der Waals surface area contributed by atoms with E-state index in [4.69, 9.17) is 0 Å². The van der Waals surface area contributed by atoms with E-state index in [0.717, 1.165) is 16.5 Å². The molecule has 0 saturated carbocycles. The third-order valence-corrected chi connectivity index (χ3v) is 3.87. The van der Waals surface area contributed by atoms with E-state index >= 15 is 0 Å². The molecule has 0 aliphatic heterocycles. The molecule has 2 aromatic carbocycles. The van der Waals surface area contributed by atoms with Crippen LogP contribution in [0.1, 0.15) is 24.1 Å². The SMILES string of the molecule is CCNC(c1ccc(SC)cc1)c1ccc(F)cc1F. The van der Waals surface area contributed by atoms with Gasteiger partial charge < -0.3 is 5.32 Å². The molecule has 0 amide bonds. The Bertz CT molecular complexity index is 569. The molecule has 1 nitrogen and oxygen atoms in total. The van der Waals surface area contributed by atoms with Gasteiger partial charge in [-0.3, -0.25) is 0 Å². The lowest BCUT2D eigenvalue weighted by Gasteiger charge is -2.20. The zero-order valence-electron chi connectivity index (χ0n) is 11.5. The minimum Gasteiger partial charge on any atom is -0.306 e. The highest BCUT2D eigenvalue weighted by molar-refractivity contribution is 7.98. The van der Waals surface area contributed by atoms with Gasteiger partial charge in [-0.25, -0.2) is 8.78 Å². The Morgan fingerprint density at radius 2 is 1.80 bits per heavy atom. The maximum absolute atomic E-state index is 14.0. The zero-order chi connectivity index (χ0) is 14.5. The third-order valence-electron chi connectivity index (χ3n) is 3.13. The molecule has 106 valence electrons. The predicted octanol–water partition coefficient (Wildman–Crippen LogP) is 4.39. The van der Waals surface area contributed by atoms with Gasteiger partial charge in [0.1, 0.15) is 11.6 Å². The number of hydrogen-bond acceptors (Lipinski definition) is 2. The first-order valence-corrected chi connectivity index (χ1v) is 7.70. The average Bonchev–Trinajstić information content (AvgIpc) is 2.46. The topological polar surface area (TPSA) is 12.0 Å². The van der Waals surface area contributed by atoms with E-state index in [-0.39, 0.29) is 6.04 Å². The molecule has 2 rings (SSSR count). The van der Waals surface area contributed by atoms with Crippen molar-refractivity contribution >= 4 is 11.8 Å². The van der Waals surface area contributed by atoms with Gasteiger partial charge in [0, 0.05) is 16.5 Å². The summed E-state index contributed by atoms with van der Waals surface area (Å²) in [6.45, 7) is 2.66. The molecular formula is C16H17F2NS. The van der Waals surface area contributed by atoms with Gasteiger partial charge >= 0.3 is 0 Å². The molecule has 1 atom stereocenters. The van der Waals surface area contributed by atoms with E-state index in [1.807, 2.05) is 37.4 Å². The molecule has 0 aromatic heterocycles. The summed E-state index contributed by atoms with van der Waals surface area (Å²) >= 11 is 1.66. The summed E-state index contributed by atoms with van der Waals surface area (Å²) in [5.74, 6) is -1.08. The highest BCUT2D eigenvalue weighted by Crippen LogP contribution is 2.26. The fourth-order valence-electron chi connectivity index (χ4n) is 2.14.